The number of ketones is 1. The lowest BCUT2D eigenvalue weighted by atomic mass is 9.78. The molecule has 4 saturated heterocycles. The van der Waals surface area contributed by atoms with Crippen LogP contribution in [0.5, 0.6) is 0 Å². The van der Waals surface area contributed by atoms with Crippen molar-refractivity contribution in [2.45, 2.75) is 141 Å². The fourth-order valence-corrected chi connectivity index (χ4v) is 12.4. The van der Waals surface area contributed by atoms with E-state index in [-0.39, 0.29) is 18.8 Å². The Kier molecular flexibility index (Phi) is 21.3. The topological polar surface area (TPSA) is 429 Å². The van der Waals surface area contributed by atoms with Gasteiger partial charge in [-0.2, -0.15) is 0 Å². The van der Waals surface area contributed by atoms with Gasteiger partial charge in [0.1, 0.15) is 130 Å². The van der Waals surface area contributed by atoms with E-state index in [9.17, 15) is 91.0 Å². The predicted octanol–water partition coefficient (Wildman–Crippen LogP) is -4.98. The summed E-state index contributed by atoms with van der Waals surface area (Å²) in [6, 6.07) is 20.0. The number of ether oxygens (including phenoxy) is 8. The summed E-state index contributed by atoms with van der Waals surface area (Å²) in [5.41, 5.74) is 3.16. The highest BCUT2D eigenvalue weighted by Gasteiger charge is 2.50. The van der Waals surface area contributed by atoms with Gasteiger partial charge in [-0.25, -0.2) is 0 Å². The molecule has 0 amide bonds. The van der Waals surface area contributed by atoms with Gasteiger partial charge in [0, 0.05) is 36.1 Å². The maximum atomic E-state index is 13.7. The zero-order valence-electron chi connectivity index (χ0n) is 50.0. The standard InChI is InChI=1S/C67H70O26/c1-32(74)86-29-67(30-87-33(2)75)44-21-36(8-16-47-55(77)61(83)59(81)51(24-69)91-47)5-13-40(44)41-14-6-37(22-45(41)67)10-18-49-57(79)63(85)65(53(26-71)93-49)89-31-88-64-52(25-70)92-48(56(78)62(64)84)17-9-35-4-12-39-38-11-3-34(19-42(38)66(27-72,28-73)43(39)20-35)7-15-46-54(76)60(82)58(80)50(23-68)90-46/h3-6,11-14,19-22,46-56,58-65,68-73,76-78,80-85H,23-31H2,1-2H3/t46-,47-,48-,49-,50-,51-,52-,53-,54?,55-,56-,58-,59-,60?,61-,62-,63?,64-,65-/m1/s1. The van der Waals surface area contributed by atoms with Crippen LogP contribution in [0, 0.1) is 47.4 Å². The minimum Gasteiger partial charge on any atom is -0.464 e. The van der Waals surface area contributed by atoms with Crippen molar-refractivity contribution in [1.82, 2.24) is 0 Å². The summed E-state index contributed by atoms with van der Waals surface area (Å²) in [6.07, 6.45) is -28.9. The number of hydrogen-bond donors (Lipinski definition) is 15. The Hall–Kier alpha value is -7.11. The zero-order valence-corrected chi connectivity index (χ0v) is 50.0. The summed E-state index contributed by atoms with van der Waals surface area (Å²) >= 11 is 0. The number of esters is 2. The molecule has 93 heavy (non-hydrogen) atoms. The fourth-order valence-electron chi connectivity index (χ4n) is 12.4. The summed E-state index contributed by atoms with van der Waals surface area (Å²) in [4.78, 5) is 38.5. The van der Waals surface area contributed by atoms with Crippen LogP contribution in [0.1, 0.15) is 58.4 Å². The van der Waals surface area contributed by atoms with E-state index in [1.807, 2.05) is 0 Å². The molecule has 494 valence electrons. The molecule has 26 heteroatoms. The van der Waals surface area contributed by atoms with E-state index in [2.05, 4.69) is 47.4 Å². The summed E-state index contributed by atoms with van der Waals surface area (Å²) < 4.78 is 45.5. The molecule has 4 aromatic carbocycles. The van der Waals surface area contributed by atoms with E-state index < -0.39 is 191 Å². The van der Waals surface area contributed by atoms with Crippen LogP contribution < -0.4 is 0 Å². The second-order valence-electron chi connectivity index (χ2n) is 23.4. The smallest absolute Gasteiger partial charge is 0.302 e. The Morgan fingerprint density at radius 1 is 0.430 bits per heavy atom. The fraction of sp³-hybridized carbons (Fsp3) is 0.478. The molecule has 15 N–H and O–H groups in total. The maximum absolute atomic E-state index is 13.7. The second kappa shape index (κ2) is 28.9. The monoisotopic (exact) mass is 1290 g/mol. The molecular formula is C67H70O26. The van der Waals surface area contributed by atoms with Crippen molar-refractivity contribution < 1.29 is 129 Å². The van der Waals surface area contributed by atoms with Crippen molar-refractivity contribution in [2.75, 3.05) is 59.6 Å². The molecule has 2 aliphatic carbocycles. The largest absolute Gasteiger partial charge is 0.464 e. The highest BCUT2D eigenvalue weighted by molar-refractivity contribution is 5.91. The Morgan fingerprint density at radius 2 is 0.774 bits per heavy atom. The SMILES string of the molecule is CC(=O)OCC1(COC(C)=O)c2cc(C#C[C@H]3O[C@H](CO)[C@@H](OCO[C@H]4[C@H](O)[C@H](O)[C@@H](C#Cc5ccc6c(c5)C(CO)(CO)c5cc(C#C[C@H]7O[C@H](CO)[C@@H](O)C(O)C7O)ccc5-6)O[C@@H]4CO)C(O)C3=O)ccc2-c2ccc(C#C[C@H]3O[C@H](CO)[C@@H](O)[C@H](O)[C@@H]3O)cc21. The highest BCUT2D eigenvalue weighted by atomic mass is 16.7. The molecule has 4 heterocycles. The molecule has 0 aromatic heterocycles. The maximum Gasteiger partial charge on any atom is 0.302 e. The molecule has 26 nitrogen and oxygen atoms in total. The molecule has 0 saturated carbocycles. The summed E-state index contributed by atoms with van der Waals surface area (Å²) in [7, 11) is 0. The first-order valence-electron chi connectivity index (χ1n) is 29.7. The van der Waals surface area contributed by atoms with E-state index in [1.54, 1.807) is 72.8 Å². The van der Waals surface area contributed by atoms with Crippen LogP contribution in [0.2, 0.25) is 0 Å². The third-order valence-electron chi connectivity index (χ3n) is 17.6. The lowest BCUT2D eigenvalue weighted by Gasteiger charge is -2.41. The van der Waals surface area contributed by atoms with Gasteiger partial charge < -0.3 is 114 Å². The number of aliphatic hydroxyl groups excluding tert-OH is 15. The van der Waals surface area contributed by atoms with Crippen LogP contribution in [-0.4, -0.2) is 270 Å². The zero-order chi connectivity index (χ0) is 66.8. The Morgan fingerprint density at radius 3 is 1.15 bits per heavy atom. The van der Waals surface area contributed by atoms with E-state index >= 15 is 0 Å². The van der Waals surface area contributed by atoms with Gasteiger partial charge in [0.15, 0.2) is 6.10 Å². The van der Waals surface area contributed by atoms with Gasteiger partial charge in [0.2, 0.25) is 5.78 Å². The Balaban J connectivity index is 0.797. The Bertz CT molecular complexity index is 3680. The number of carbonyl (C=O) groups excluding carboxylic acids is 3. The minimum atomic E-state index is -1.96. The molecule has 10 rings (SSSR count). The first-order chi connectivity index (χ1) is 44.6. The number of aliphatic hydroxyl groups is 15. The van der Waals surface area contributed by atoms with Crippen molar-refractivity contribution in [1.29, 1.82) is 0 Å². The van der Waals surface area contributed by atoms with Gasteiger partial charge in [-0.05, 0) is 93.0 Å². The summed E-state index contributed by atoms with van der Waals surface area (Å²) in [5, 5.41) is 158. The van der Waals surface area contributed by atoms with Gasteiger partial charge in [-0.1, -0.05) is 71.6 Å². The first kappa shape index (κ1) is 68.7. The number of benzene rings is 4. The van der Waals surface area contributed by atoms with Crippen molar-refractivity contribution in [2.24, 2.45) is 0 Å². The van der Waals surface area contributed by atoms with Gasteiger partial charge in [0.05, 0.1) is 50.5 Å². The van der Waals surface area contributed by atoms with Crippen LogP contribution in [0.25, 0.3) is 22.3 Å². The number of rotatable bonds is 14. The molecule has 0 radical (unpaired) electrons. The number of hydrogen-bond acceptors (Lipinski definition) is 26. The minimum absolute atomic E-state index is 0.280. The van der Waals surface area contributed by atoms with Crippen LogP contribution in [0.4, 0.5) is 0 Å². The third kappa shape index (κ3) is 13.4. The molecule has 3 unspecified atom stereocenters. The molecule has 0 spiro atoms. The van der Waals surface area contributed by atoms with Gasteiger partial charge in [-0.15, -0.1) is 0 Å². The Labute approximate surface area is 532 Å². The van der Waals surface area contributed by atoms with Gasteiger partial charge in [0.25, 0.3) is 0 Å². The lowest BCUT2D eigenvalue weighted by molar-refractivity contribution is -0.265. The lowest BCUT2D eigenvalue weighted by Crippen LogP contribution is -2.60. The van der Waals surface area contributed by atoms with Gasteiger partial charge in [-0.3, -0.25) is 14.4 Å². The number of fused-ring (bicyclic) bond motifs is 6. The average molecular weight is 1290 g/mol. The van der Waals surface area contributed by atoms with E-state index in [4.69, 9.17) is 37.9 Å². The summed E-state index contributed by atoms with van der Waals surface area (Å²) in [6.45, 7) is -3.07. The number of carbonyl (C=O) groups is 3. The van der Waals surface area contributed by atoms with Gasteiger partial charge >= 0.3 is 11.9 Å². The molecule has 4 aliphatic heterocycles. The summed E-state index contributed by atoms with van der Waals surface area (Å²) in [5.74, 6) is 20.2. The molecule has 4 fully saturated rings. The predicted molar refractivity (Wildman–Crippen MR) is 317 cm³/mol. The quantitative estimate of drug-likeness (QED) is 0.0319. The van der Waals surface area contributed by atoms with Crippen molar-refractivity contribution in [3.05, 3.63) is 117 Å². The first-order valence-corrected chi connectivity index (χ1v) is 29.7. The third-order valence-corrected chi connectivity index (χ3v) is 17.6. The van der Waals surface area contributed by atoms with E-state index in [0.717, 1.165) is 0 Å². The molecule has 4 aromatic rings. The van der Waals surface area contributed by atoms with Crippen molar-refractivity contribution >= 4 is 17.7 Å². The van der Waals surface area contributed by atoms with E-state index in [1.165, 1.54) is 13.8 Å². The van der Waals surface area contributed by atoms with Crippen LogP contribution >= 0.6 is 0 Å². The van der Waals surface area contributed by atoms with Crippen LogP contribution in [0.3, 0.4) is 0 Å². The normalized spacial score (nSPS) is 31.8. The molecule has 0 bridgehead atoms. The van der Waals surface area contributed by atoms with Crippen LogP contribution in [-0.2, 0) is 63.1 Å². The molecule has 19 atom stereocenters. The van der Waals surface area contributed by atoms with E-state index in [0.29, 0.717) is 61.2 Å². The number of Topliss-reactive ketones (excluding diaryl/α,β-unsaturated/α-hetero) is 1. The van der Waals surface area contributed by atoms with Crippen molar-refractivity contribution in [3.63, 3.8) is 0 Å². The molecular weight excluding hydrogens is 1220 g/mol. The molecule has 6 aliphatic rings. The second-order valence-corrected chi connectivity index (χ2v) is 23.4. The van der Waals surface area contributed by atoms with Crippen LogP contribution in [0.15, 0.2) is 72.8 Å². The average Bonchev–Trinajstić information content (AvgIpc) is 1.57. The van der Waals surface area contributed by atoms with Crippen molar-refractivity contribution in [3.8, 4) is 69.6 Å². The highest BCUT2D eigenvalue weighted by Crippen LogP contribution is 2.51.